The summed E-state index contributed by atoms with van der Waals surface area (Å²) in [5.74, 6) is -1.30. The van der Waals surface area contributed by atoms with Crippen LogP contribution in [0.25, 0.3) is 0 Å². The van der Waals surface area contributed by atoms with Crippen molar-refractivity contribution in [3.63, 3.8) is 0 Å². The van der Waals surface area contributed by atoms with Crippen molar-refractivity contribution >= 4 is 16.0 Å². The number of piperidine rings is 1. The molecule has 0 aromatic carbocycles. The summed E-state index contributed by atoms with van der Waals surface area (Å²) >= 11 is 0. The van der Waals surface area contributed by atoms with Gasteiger partial charge in [0.2, 0.25) is 10.0 Å². The Kier molecular flexibility index (Phi) is 5.76. The zero-order chi connectivity index (χ0) is 14.6. The molecule has 1 aliphatic rings. The molecule has 0 aliphatic carbocycles. The predicted molar refractivity (Wildman–Crippen MR) is 73.5 cm³/mol. The van der Waals surface area contributed by atoms with Crippen LogP contribution in [-0.2, 0) is 14.8 Å². The number of rotatable bonds is 6. The third kappa shape index (κ3) is 4.15. The molecule has 0 radical (unpaired) electrons. The Balaban J connectivity index is 2.84. The summed E-state index contributed by atoms with van der Waals surface area (Å²) in [6.07, 6.45) is 3.12. The van der Waals surface area contributed by atoms with E-state index in [0.29, 0.717) is 6.54 Å². The van der Waals surface area contributed by atoms with E-state index in [-0.39, 0.29) is 12.1 Å². The molecule has 1 fully saturated rings. The Morgan fingerprint density at radius 1 is 1.37 bits per heavy atom. The van der Waals surface area contributed by atoms with Gasteiger partial charge in [0.15, 0.2) is 5.25 Å². The van der Waals surface area contributed by atoms with Gasteiger partial charge in [0, 0.05) is 18.6 Å². The van der Waals surface area contributed by atoms with Crippen LogP contribution in [0.1, 0.15) is 40.0 Å². The topological polar surface area (TPSA) is 86.7 Å². The zero-order valence-electron chi connectivity index (χ0n) is 11.8. The van der Waals surface area contributed by atoms with Crippen molar-refractivity contribution in [2.75, 3.05) is 13.1 Å². The molecule has 0 amide bonds. The molecule has 2 N–H and O–H groups in total. The van der Waals surface area contributed by atoms with Gasteiger partial charge in [-0.2, -0.15) is 4.31 Å². The molecule has 0 aromatic heterocycles. The third-order valence-corrected chi connectivity index (χ3v) is 5.83. The van der Waals surface area contributed by atoms with Gasteiger partial charge in [-0.15, -0.1) is 0 Å². The molecule has 19 heavy (non-hydrogen) atoms. The molecule has 0 saturated carbocycles. The molecule has 2 atom stereocenters. The van der Waals surface area contributed by atoms with Crippen LogP contribution in [0.5, 0.6) is 0 Å². The lowest BCUT2D eigenvalue weighted by molar-refractivity contribution is -0.136. The Hall–Kier alpha value is -0.660. The van der Waals surface area contributed by atoms with E-state index < -0.39 is 21.2 Å². The van der Waals surface area contributed by atoms with Gasteiger partial charge in [-0.25, -0.2) is 8.42 Å². The number of aliphatic carboxylic acids is 1. The van der Waals surface area contributed by atoms with Gasteiger partial charge < -0.3 is 10.4 Å². The number of carboxylic acid groups (broad SMARTS) is 1. The fraction of sp³-hybridized carbons (Fsp3) is 0.917. The Morgan fingerprint density at radius 3 is 2.42 bits per heavy atom. The molecule has 1 rings (SSSR count). The molecule has 1 saturated heterocycles. The van der Waals surface area contributed by atoms with Crippen LogP contribution in [-0.4, -0.2) is 54.2 Å². The fourth-order valence-electron chi connectivity index (χ4n) is 2.24. The van der Waals surface area contributed by atoms with Crippen LogP contribution >= 0.6 is 0 Å². The summed E-state index contributed by atoms with van der Waals surface area (Å²) in [7, 11) is -3.81. The van der Waals surface area contributed by atoms with Gasteiger partial charge in [0.1, 0.15) is 0 Å². The normalized spacial score (nSPS) is 22.7. The molecule has 0 bridgehead atoms. The first-order valence-corrected chi connectivity index (χ1v) is 8.24. The lowest BCUT2D eigenvalue weighted by Crippen LogP contribution is -2.51. The maximum Gasteiger partial charge on any atom is 0.323 e. The number of hydrogen-bond donors (Lipinski definition) is 2. The van der Waals surface area contributed by atoms with Crippen molar-refractivity contribution in [3.8, 4) is 0 Å². The lowest BCUT2D eigenvalue weighted by Gasteiger charge is -2.33. The Morgan fingerprint density at radius 2 is 2.00 bits per heavy atom. The average molecular weight is 292 g/mol. The van der Waals surface area contributed by atoms with Gasteiger partial charge in [0.25, 0.3) is 0 Å². The van der Waals surface area contributed by atoms with Crippen LogP contribution in [0.2, 0.25) is 0 Å². The SMILES string of the molecule is CC(C)N(CC1CCCCN1)S(=O)(=O)C(C)C(=O)O. The first-order chi connectivity index (χ1) is 8.76. The molecule has 2 unspecified atom stereocenters. The van der Waals surface area contributed by atoms with Crippen molar-refractivity contribution in [1.29, 1.82) is 0 Å². The quantitative estimate of drug-likeness (QED) is 0.750. The van der Waals surface area contributed by atoms with Crippen LogP contribution in [0.3, 0.4) is 0 Å². The molecule has 0 spiro atoms. The summed E-state index contributed by atoms with van der Waals surface area (Å²) in [6, 6.07) is -0.123. The highest BCUT2D eigenvalue weighted by molar-refractivity contribution is 7.90. The maximum absolute atomic E-state index is 12.3. The molecule has 1 heterocycles. The summed E-state index contributed by atoms with van der Waals surface area (Å²) in [4.78, 5) is 10.9. The summed E-state index contributed by atoms with van der Waals surface area (Å²) < 4.78 is 25.9. The van der Waals surface area contributed by atoms with Gasteiger partial charge in [-0.05, 0) is 40.2 Å². The van der Waals surface area contributed by atoms with Crippen molar-refractivity contribution in [2.24, 2.45) is 0 Å². The smallest absolute Gasteiger partial charge is 0.323 e. The third-order valence-electron chi connectivity index (χ3n) is 3.51. The Labute approximate surface area is 115 Å². The fourth-order valence-corrected chi connectivity index (χ4v) is 3.87. The van der Waals surface area contributed by atoms with E-state index in [1.54, 1.807) is 13.8 Å². The summed E-state index contributed by atoms with van der Waals surface area (Å²) in [5, 5.41) is 10.8. The summed E-state index contributed by atoms with van der Waals surface area (Å²) in [6.45, 7) is 6.01. The number of hydrogen-bond acceptors (Lipinski definition) is 4. The predicted octanol–water partition coefficient (Wildman–Crippen LogP) is 0.642. The van der Waals surface area contributed by atoms with Gasteiger partial charge in [0.05, 0.1) is 0 Å². The molecule has 6 nitrogen and oxygen atoms in total. The number of sulfonamides is 1. The zero-order valence-corrected chi connectivity index (χ0v) is 12.6. The van der Waals surface area contributed by atoms with E-state index in [9.17, 15) is 13.2 Å². The second-order valence-corrected chi connectivity index (χ2v) is 7.54. The highest BCUT2D eigenvalue weighted by atomic mass is 32.2. The van der Waals surface area contributed by atoms with E-state index in [0.717, 1.165) is 25.8 Å². The van der Waals surface area contributed by atoms with E-state index in [1.165, 1.54) is 11.2 Å². The number of carbonyl (C=O) groups is 1. The average Bonchev–Trinajstić information content (AvgIpc) is 2.35. The van der Waals surface area contributed by atoms with Crippen molar-refractivity contribution < 1.29 is 18.3 Å². The van der Waals surface area contributed by atoms with E-state index in [4.69, 9.17) is 5.11 Å². The molecular formula is C12H24N2O4S. The maximum atomic E-state index is 12.3. The van der Waals surface area contributed by atoms with Crippen molar-refractivity contribution in [2.45, 2.75) is 57.4 Å². The minimum absolute atomic E-state index is 0.118. The second-order valence-electron chi connectivity index (χ2n) is 5.34. The molecule has 0 aromatic rings. The number of carboxylic acids is 1. The first-order valence-electron chi connectivity index (χ1n) is 6.73. The summed E-state index contributed by atoms with van der Waals surface area (Å²) in [5.41, 5.74) is 0. The van der Waals surface area contributed by atoms with Crippen LogP contribution in [0, 0.1) is 0 Å². The van der Waals surface area contributed by atoms with Gasteiger partial charge >= 0.3 is 5.97 Å². The first kappa shape index (κ1) is 16.4. The highest BCUT2D eigenvalue weighted by Crippen LogP contribution is 2.17. The lowest BCUT2D eigenvalue weighted by atomic mass is 10.1. The number of nitrogens with zero attached hydrogens (tertiary/aromatic N) is 1. The Bertz CT molecular complexity index is 402. The van der Waals surface area contributed by atoms with E-state index in [1.807, 2.05) is 0 Å². The molecule has 7 heteroatoms. The second kappa shape index (κ2) is 6.67. The molecular weight excluding hydrogens is 268 g/mol. The minimum atomic E-state index is -3.81. The van der Waals surface area contributed by atoms with Crippen molar-refractivity contribution in [3.05, 3.63) is 0 Å². The highest BCUT2D eigenvalue weighted by Gasteiger charge is 2.36. The monoisotopic (exact) mass is 292 g/mol. The van der Waals surface area contributed by atoms with Gasteiger partial charge in [-0.3, -0.25) is 4.79 Å². The largest absolute Gasteiger partial charge is 0.480 e. The molecule has 1 aliphatic heterocycles. The van der Waals surface area contributed by atoms with Crippen LogP contribution in [0.15, 0.2) is 0 Å². The van der Waals surface area contributed by atoms with E-state index >= 15 is 0 Å². The van der Waals surface area contributed by atoms with Crippen LogP contribution < -0.4 is 5.32 Å². The van der Waals surface area contributed by atoms with Crippen molar-refractivity contribution in [1.82, 2.24) is 9.62 Å². The molecule has 112 valence electrons. The standard InChI is InChI=1S/C12H24N2O4S/c1-9(2)14(8-11-6-4-5-7-13-11)19(17,18)10(3)12(15)16/h9-11,13H,4-8H2,1-3H3,(H,15,16). The number of nitrogens with one attached hydrogen (secondary N) is 1. The minimum Gasteiger partial charge on any atom is -0.480 e. The van der Waals surface area contributed by atoms with Gasteiger partial charge in [-0.1, -0.05) is 6.42 Å². The van der Waals surface area contributed by atoms with E-state index in [2.05, 4.69) is 5.32 Å². The van der Waals surface area contributed by atoms with Crippen LogP contribution in [0.4, 0.5) is 0 Å².